The molecule has 1 atom stereocenters. The van der Waals surface area contributed by atoms with Crippen LogP contribution in [0.1, 0.15) is 49.4 Å². The summed E-state index contributed by atoms with van der Waals surface area (Å²) >= 11 is 0. The number of hydrogen-bond donors (Lipinski definition) is 3. The number of hydrogen-bond acceptors (Lipinski definition) is 5. The fraction of sp³-hybridized carbons (Fsp3) is 0.500. The number of rotatable bonds is 5. The molecule has 10 heteroatoms. The van der Waals surface area contributed by atoms with Crippen molar-refractivity contribution in [3.8, 4) is 5.75 Å². The number of alkyl halides is 3. The van der Waals surface area contributed by atoms with Crippen LogP contribution in [0.15, 0.2) is 41.5 Å². The van der Waals surface area contributed by atoms with Crippen LogP contribution in [0.3, 0.4) is 0 Å². The van der Waals surface area contributed by atoms with Crippen LogP contribution >= 0.6 is 0 Å². The first-order chi connectivity index (χ1) is 15.4. The van der Waals surface area contributed by atoms with Crippen LogP contribution in [0.25, 0.3) is 0 Å². The molecule has 1 unspecified atom stereocenters. The molecule has 1 aliphatic heterocycles. The van der Waals surface area contributed by atoms with Crippen molar-refractivity contribution in [1.82, 2.24) is 20.6 Å². The lowest BCUT2D eigenvalue weighted by Crippen LogP contribution is -2.47. The van der Waals surface area contributed by atoms with Gasteiger partial charge in [-0.1, -0.05) is 18.2 Å². The van der Waals surface area contributed by atoms with Gasteiger partial charge in [0.1, 0.15) is 17.0 Å². The van der Waals surface area contributed by atoms with Gasteiger partial charge in [0.15, 0.2) is 5.96 Å². The Labute approximate surface area is 184 Å². The Balaban J connectivity index is 1.34. The molecule has 1 fully saturated rings. The summed E-state index contributed by atoms with van der Waals surface area (Å²) in [4.78, 5) is 11.7. The van der Waals surface area contributed by atoms with E-state index in [0.29, 0.717) is 19.0 Å². The van der Waals surface area contributed by atoms with Crippen LogP contribution in [0.5, 0.6) is 5.75 Å². The van der Waals surface area contributed by atoms with Gasteiger partial charge in [0.2, 0.25) is 5.95 Å². The minimum Gasteiger partial charge on any atom is -0.487 e. The zero-order valence-corrected chi connectivity index (χ0v) is 17.9. The predicted octanol–water partition coefficient (Wildman–Crippen LogP) is 3.91. The molecular weight excluding hydrogens is 421 g/mol. The van der Waals surface area contributed by atoms with Gasteiger partial charge in [0.05, 0.1) is 6.04 Å². The Morgan fingerprint density at radius 1 is 1.19 bits per heavy atom. The Bertz CT molecular complexity index is 959. The maximum absolute atomic E-state index is 12.8. The highest BCUT2D eigenvalue weighted by molar-refractivity contribution is 5.80. The van der Waals surface area contributed by atoms with Gasteiger partial charge in [0, 0.05) is 38.3 Å². The fourth-order valence-electron chi connectivity index (χ4n) is 4.39. The van der Waals surface area contributed by atoms with E-state index in [4.69, 9.17) is 4.74 Å². The normalized spacial score (nSPS) is 19.9. The summed E-state index contributed by atoms with van der Waals surface area (Å²) in [7, 11) is 1.69. The third-order valence-electron chi connectivity index (χ3n) is 5.89. The third kappa shape index (κ3) is 5.05. The maximum atomic E-state index is 12.8. The minimum atomic E-state index is -4.50. The third-order valence-corrected chi connectivity index (χ3v) is 5.89. The van der Waals surface area contributed by atoms with E-state index < -0.39 is 11.9 Å². The molecular formula is C22H27F3N6O. The lowest BCUT2D eigenvalue weighted by molar-refractivity contribution is -0.141. The van der Waals surface area contributed by atoms with E-state index >= 15 is 0 Å². The van der Waals surface area contributed by atoms with Crippen molar-refractivity contribution in [2.75, 3.05) is 25.5 Å². The van der Waals surface area contributed by atoms with Gasteiger partial charge in [-0.05, 0) is 37.8 Å². The molecule has 0 bridgehead atoms. The van der Waals surface area contributed by atoms with Gasteiger partial charge < -0.3 is 20.7 Å². The lowest BCUT2D eigenvalue weighted by atomic mass is 9.86. The fourth-order valence-corrected chi connectivity index (χ4v) is 4.39. The first kappa shape index (κ1) is 22.2. The average molecular weight is 448 g/mol. The molecule has 1 aromatic carbocycles. The lowest BCUT2D eigenvalue weighted by Gasteiger charge is -2.40. The SMILES string of the molecule is CN=C(NCCNc1nccc(C(F)(F)F)n1)NC1CC2(CCCC2)Oc2ccccc21. The molecule has 0 saturated heterocycles. The van der Waals surface area contributed by atoms with Crippen molar-refractivity contribution in [1.29, 1.82) is 0 Å². The van der Waals surface area contributed by atoms with Crippen molar-refractivity contribution in [2.24, 2.45) is 4.99 Å². The standard InChI is InChI=1S/C22H27F3N6O/c1-26-19(28-12-13-29-20-27-11-8-18(31-20)22(23,24)25)30-16-14-21(9-4-5-10-21)32-17-7-3-2-6-15(16)17/h2-3,6-8,11,16H,4-5,9-10,12-14H2,1H3,(H2,26,28,30)(H,27,29,31). The molecule has 172 valence electrons. The molecule has 4 rings (SSSR count). The van der Waals surface area contributed by atoms with Crippen LogP contribution < -0.4 is 20.7 Å². The van der Waals surface area contributed by atoms with Crippen LogP contribution in [0.4, 0.5) is 19.1 Å². The summed E-state index contributed by atoms with van der Waals surface area (Å²) in [6, 6.07) is 8.96. The number of guanidine groups is 1. The van der Waals surface area contributed by atoms with Gasteiger partial charge in [-0.2, -0.15) is 13.2 Å². The summed E-state index contributed by atoms with van der Waals surface area (Å²) in [5.41, 5.74) is -0.00397. The van der Waals surface area contributed by atoms with E-state index in [9.17, 15) is 13.2 Å². The molecule has 0 radical (unpaired) electrons. The number of nitrogens with zero attached hydrogens (tertiary/aromatic N) is 3. The number of aliphatic imine (C=N–C) groups is 1. The second kappa shape index (κ2) is 9.22. The smallest absolute Gasteiger partial charge is 0.433 e. The molecule has 32 heavy (non-hydrogen) atoms. The van der Waals surface area contributed by atoms with Crippen molar-refractivity contribution >= 4 is 11.9 Å². The summed E-state index contributed by atoms with van der Waals surface area (Å²) < 4.78 is 44.8. The number of para-hydroxylation sites is 1. The molecule has 1 spiro atoms. The maximum Gasteiger partial charge on any atom is 0.433 e. The number of benzene rings is 1. The number of fused-ring (bicyclic) bond motifs is 1. The molecule has 7 nitrogen and oxygen atoms in total. The molecule has 1 aliphatic carbocycles. The van der Waals surface area contributed by atoms with Crippen LogP contribution in [0, 0.1) is 0 Å². The number of anilines is 1. The molecule has 2 heterocycles. The van der Waals surface area contributed by atoms with Crippen LogP contribution in [0.2, 0.25) is 0 Å². The molecule has 3 N–H and O–H groups in total. The van der Waals surface area contributed by atoms with Gasteiger partial charge in [-0.3, -0.25) is 4.99 Å². The summed E-state index contributed by atoms with van der Waals surface area (Å²) in [5.74, 6) is 1.47. The van der Waals surface area contributed by atoms with Gasteiger partial charge in [-0.15, -0.1) is 0 Å². The van der Waals surface area contributed by atoms with Crippen molar-refractivity contribution in [3.05, 3.63) is 47.8 Å². The summed E-state index contributed by atoms with van der Waals surface area (Å²) in [6.45, 7) is 0.756. The number of ether oxygens (including phenoxy) is 1. The highest BCUT2D eigenvalue weighted by Gasteiger charge is 2.43. The molecule has 1 saturated carbocycles. The molecule has 0 amide bonds. The Morgan fingerprint density at radius 2 is 1.97 bits per heavy atom. The zero-order valence-electron chi connectivity index (χ0n) is 17.9. The largest absolute Gasteiger partial charge is 0.487 e. The summed E-state index contributed by atoms with van der Waals surface area (Å²) in [6.07, 6.45) is 1.89. The van der Waals surface area contributed by atoms with E-state index in [1.165, 1.54) is 12.8 Å². The first-order valence-corrected chi connectivity index (χ1v) is 10.8. The molecule has 2 aromatic rings. The minimum absolute atomic E-state index is 0.0593. The van der Waals surface area contributed by atoms with E-state index in [-0.39, 0.29) is 17.6 Å². The quantitative estimate of drug-likeness (QED) is 0.366. The van der Waals surface area contributed by atoms with E-state index in [1.54, 1.807) is 7.05 Å². The Hall–Kier alpha value is -3.04. The van der Waals surface area contributed by atoms with E-state index in [0.717, 1.165) is 42.8 Å². The second-order valence-electron chi connectivity index (χ2n) is 8.12. The Kier molecular flexibility index (Phi) is 6.38. The van der Waals surface area contributed by atoms with E-state index in [1.807, 2.05) is 18.2 Å². The van der Waals surface area contributed by atoms with Gasteiger partial charge in [0.25, 0.3) is 0 Å². The van der Waals surface area contributed by atoms with Crippen molar-refractivity contribution < 1.29 is 17.9 Å². The molecule has 1 aromatic heterocycles. The van der Waals surface area contributed by atoms with Crippen LogP contribution in [-0.2, 0) is 6.18 Å². The predicted molar refractivity (Wildman–Crippen MR) is 116 cm³/mol. The van der Waals surface area contributed by atoms with Crippen molar-refractivity contribution in [2.45, 2.75) is 49.9 Å². The average Bonchev–Trinajstić information content (AvgIpc) is 3.22. The number of halogens is 3. The summed E-state index contributed by atoms with van der Waals surface area (Å²) in [5, 5.41) is 9.50. The molecule has 2 aliphatic rings. The topological polar surface area (TPSA) is 83.5 Å². The van der Waals surface area contributed by atoms with E-state index in [2.05, 4.69) is 37.0 Å². The highest BCUT2D eigenvalue weighted by atomic mass is 19.4. The second-order valence-corrected chi connectivity index (χ2v) is 8.12. The zero-order chi connectivity index (χ0) is 22.6. The monoisotopic (exact) mass is 448 g/mol. The van der Waals surface area contributed by atoms with Crippen molar-refractivity contribution in [3.63, 3.8) is 0 Å². The number of nitrogens with one attached hydrogen (secondary N) is 3. The number of aromatic nitrogens is 2. The first-order valence-electron chi connectivity index (χ1n) is 10.8. The van der Waals surface area contributed by atoms with Crippen LogP contribution in [-0.4, -0.2) is 41.7 Å². The van der Waals surface area contributed by atoms with Gasteiger partial charge in [-0.25, -0.2) is 9.97 Å². The Morgan fingerprint density at radius 3 is 2.72 bits per heavy atom. The highest BCUT2D eigenvalue weighted by Crippen LogP contribution is 2.46. The van der Waals surface area contributed by atoms with Gasteiger partial charge >= 0.3 is 6.18 Å².